The third kappa shape index (κ3) is 2.75. The zero-order chi connectivity index (χ0) is 15.2. The van der Waals surface area contributed by atoms with Gasteiger partial charge in [0.15, 0.2) is 0 Å². The van der Waals surface area contributed by atoms with Crippen LogP contribution in [0.3, 0.4) is 0 Å². The average molecular weight is 295 g/mol. The first-order valence-electron chi connectivity index (χ1n) is 6.77. The largest absolute Gasteiger partial charge is 0.378 e. The molecule has 0 amide bonds. The lowest BCUT2D eigenvalue weighted by Gasteiger charge is -2.17. The Morgan fingerprint density at radius 2 is 2.05 bits per heavy atom. The molecule has 0 aliphatic heterocycles. The van der Waals surface area contributed by atoms with Crippen molar-refractivity contribution in [3.63, 3.8) is 0 Å². The van der Waals surface area contributed by atoms with Crippen molar-refractivity contribution in [2.24, 2.45) is 7.05 Å². The molecule has 0 atom stereocenters. The van der Waals surface area contributed by atoms with Crippen molar-refractivity contribution in [3.8, 4) is 11.1 Å². The zero-order valence-electron chi connectivity index (χ0n) is 11.8. The quantitative estimate of drug-likeness (QED) is 0.919. The lowest BCUT2D eigenvalue weighted by atomic mass is 10.0. The van der Waals surface area contributed by atoms with Crippen molar-refractivity contribution in [2.45, 2.75) is 31.7 Å². The fraction of sp³-hybridized carbons (Fsp3) is 0.400. The van der Waals surface area contributed by atoms with Gasteiger partial charge in [-0.2, -0.15) is 5.10 Å². The number of alkyl halides is 2. The van der Waals surface area contributed by atoms with Gasteiger partial charge in [-0.15, -0.1) is 0 Å². The van der Waals surface area contributed by atoms with Gasteiger partial charge in [-0.3, -0.25) is 4.68 Å². The lowest BCUT2D eigenvalue weighted by molar-refractivity contribution is 0.152. The van der Waals surface area contributed by atoms with Gasteiger partial charge in [0, 0.05) is 29.9 Å². The predicted molar refractivity (Wildman–Crippen MR) is 74.8 cm³/mol. The van der Waals surface area contributed by atoms with E-state index in [0.717, 1.165) is 18.9 Å². The summed E-state index contributed by atoms with van der Waals surface area (Å²) in [6.45, 7) is 1.95. The van der Waals surface area contributed by atoms with Gasteiger partial charge < -0.3 is 5.32 Å². The molecule has 0 spiro atoms. The van der Waals surface area contributed by atoms with E-state index < -0.39 is 12.2 Å². The summed E-state index contributed by atoms with van der Waals surface area (Å²) >= 11 is 0. The molecule has 0 unspecified atom stereocenters. The van der Waals surface area contributed by atoms with Crippen molar-refractivity contribution in [2.75, 3.05) is 5.32 Å². The average Bonchev–Trinajstić information content (AvgIpc) is 2.97. The van der Waals surface area contributed by atoms with Gasteiger partial charge in [0.05, 0.1) is 11.9 Å². The summed E-state index contributed by atoms with van der Waals surface area (Å²) in [4.78, 5) is 0. The summed E-state index contributed by atoms with van der Waals surface area (Å²) < 4.78 is 42.3. The van der Waals surface area contributed by atoms with Gasteiger partial charge in [-0.1, -0.05) is 0 Å². The molecule has 112 valence electrons. The molecule has 2 aromatic rings. The molecular weight excluding hydrogens is 279 g/mol. The van der Waals surface area contributed by atoms with Crippen molar-refractivity contribution >= 4 is 5.69 Å². The highest BCUT2D eigenvalue weighted by atomic mass is 19.3. The van der Waals surface area contributed by atoms with Crippen molar-refractivity contribution in [3.05, 3.63) is 35.9 Å². The Morgan fingerprint density at radius 1 is 1.33 bits per heavy atom. The van der Waals surface area contributed by atoms with Crippen LogP contribution in [0.4, 0.5) is 18.9 Å². The summed E-state index contributed by atoms with van der Waals surface area (Å²) in [6, 6.07) is 2.37. The number of benzene rings is 1. The Labute approximate surface area is 120 Å². The highest BCUT2D eigenvalue weighted by Gasteiger charge is 2.38. The Morgan fingerprint density at radius 3 is 2.57 bits per heavy atom. The van der Waals surface area contributed by atoms with E-state index in [1.807, 2.05) is 6.92 Å². The SMILES string of the molecule is Cn1cc(-c2cc(F)c(NC3(C)CC3)cc2C(F)F)cn1. The number of nitrogens with zero attached hydrogens (tertiary/aromatic N) is 2. The molecule has 1 aromatic heterocycles. The molecule has 1 fully saturated rings. The number of aromatic nitrogens is 2. The van der Waals surface area contributed by atoms with Crippen LogP contribution in [0.5, 0.6) is 0 Å². The van der Waals surface area contributed by atoms with Gasteiger partial charge in [-0.05, 0) is 37.5 Å². The monoisotopic (exact) mass is 295 g/mol. The maximum Gasteiger partial charge on any atom is 0.264 e. The smallest absolute Gasteiger partial charge is 0.264 e. The molecular formula is C15H16F3N3. The molecule has 0 bridgehead atoms. The maximum absolute atomic E-state index is 14.2. The van der Waals surface area contributed by atoms with E-state index in [2.05, 4.69) is 10.4 Å². The van der Waals surface area contributed by atoms with Crippen LogP contribution in [0.2, 0.25) is 0 Å². The summed E-state index contributed by atoms with van der Waals surface area (Å²) in [5.41, 5.74) is 0.447. The second kappa shape index (κ2) is 4.79. The molecule has 21 heavy (non-hydrogen) atoms. The minimum absolute atomic E-state index is 0.137. The zero-order valence-corrected chi connectivity index (χ0v) is 11.8. The number of aryl methyl sites for hydroxylation is 1. The number of hydrogen-bond donors (Lipinski definition) is 1. The normalized spacial score (nSPS) is 16.3. The summed E-state index contributed by atoms with van der Waals surface area (Å²) in [5, 5.41) is 6.96. The van der Waals surface area contributed by atoms with E-state index in [-0.39, 0.29) is 22.4 Å². The van der Waals surface area contributed by atoms with E-state index in [0.29, 0.717) is 5.56 Å². The third-order valence-electron chi connectivity index (χ3n) is 3.83. The minimum Gasteiger partial charge on any atom is -0.378 e. The molecule has 1 N–H and O–H groups in total. The van der Waals surface area contributed by atoms with Crippen LogP contribution in [-0.2, 0) is 7.05 Å². The van der Waals surface area contributed by atoms with Crippen LogP contribution >= 0.6 is 0 Å². The lowest BCUT2D eigenvalue weighted by Crippen LogP contribution is -2.17. The Bertz CT molecular complexity index is 675. The molecule has 3 rings (SSSR count). The van der Waals surface area contributed by atoms with Gasteiger partial charge in [0.2, 0.25) is 0 Å². The van der Waals surface area contributed by atoms with E-state index in [4.69, 9.17) is 0 Å². The fourth-order valence-corrected chi connectivity index (χ4v) is 2.31. The first-order valence-corrected chi connectivity index (χ1v) is 6.77. The van der Waals surface area contributed by atoms with Crippen molar-refractivity contribution in [1.82, 2.24) is 9.78 Å². The first-order chi connectivity index (χ1) is 9.88. The van der Waals surface area contributed by atoms with Crippen LogP contribution in [0.25, 0.3) is 11.1 Å². The van der Waals surface area contributed by atoms with Gasteiger partial charge in [0.25, 0.3) is 6.43 Å². The maximum atomic E-state index is 14.2. The highest BCUT2D eigenvalue weighted by molar-refractivity contribution is 5.70. The Kier molecular flexibility index (Phi) is 3.19. The molecule has 1 aliphatic carbocycles. The van der Waals surface area contributed by atoms with E-state index >= 15 is 0 Å². The standard InChI is InChI=1S/C15H16F3N3/c1-15(3-4-15)20-13-6-11(14(17)18)10(5-12(13)16)9-7-19-21(2)8-9/h5-8,14,20H,3-4H2,1-2H3. The molecule has 6 heteroatoms. The van der Waals surface area contributed by atoms with E-state index in [9.17, 15) is 13.2 Å². The summed E-state index contributed by atoms with van der Waals surface area (Å²) in [7, 11) is 1.69. The Balaban J connectivity index is 2.05. The molecule has 1 heterocycles. The number of nitrogens with one attached hydrogen (secondary N) is 1. The van der Waals surface area contributed by atoms with Gasteiger partial charge >= 0.3 is 0 Å². The van der Waals surface area contributed by atoms with Crippen molar-refractivity contribution < 1.29 is 13.2 Å². The third-order valence-corrected chi connectivity index (χ3v) is 3.83. The van der Waals surface area contributed by atoms with Crippen LogP contribution in [-0.4, -0.2) is 15.3 Å². The molecule has 3 nitrogen and oxygen atoms in total. The molecule has 0 radical (unpaired) electrons. The van der Waals surface area contributed by atoms with Crippen LogP contribution in [0.1, 0.15) is 31.8 Å². The van der Waals surface area contributed by atoms with Crippen LogP contribution in [0, 0.1) is 5.82 Å². The first kappa shape index (κ1) is 14.0. The highest BCUT2D eigenvalue weighted by Crippen LogP contribution is 2.41. The second-order valence-corrected chi connectivity index (χ2v) is 5.81. The van der Waals surface area contributed by atoms with Gasteiger partial charge in [-0.25, -0.2) is 13.2 Å². The summed E-state index contributed by atoms with van der Waals surface area (Å²) in [6.07, 6.45) is 2.21. The predicted octanol–water partition coefficient (Wildman–Crippen LogP) is 4.13. The number of hydrogen-bond acceptors (Lipinski definition) is 2. The Hall–Kier alpha value is -1.98. The topological polar surface area (TPSA) is 29.9 Å². The number of halogens is 3. The molecule has 1 aromatic carbocycles. The summed E-state index contributed by atoms with van der Waals surface area (Å²) in [5.74, 6) is -0.522. The van der Waals surface area contributed by atoms with Gasteiger partial charge in [0.1, 0.15) is 5.82 Å². The number of rotatable bonds is 4. The minimum atomic E-state index is -2.67. The second-order valence-electron chi connectivity index (χ2n) is 5.81. The fourth-order valence-electron chi connectivity index (χ4n) is 2.31. The molecule has 1 aliphatic rings. The van der Waals surface area contributed by atoms with Crippen LogP contribution < -0.4 is 5.32 Å². The number of anilines is 1. The molecule has 0 saturated heterocycles. The van der Waals surface area contributed by atoms with Crippen LogP contribution in [0.15, 0.2) is 24.5 Å². The van der Waals surface area contributed by atoms with E-state index in [1.165, 1.54) is 16.9 Å². The van der Waals surface area contributed by atoms with E-state index in [1.54, 1.807) is 13.2 Å². The van der Waals surface area contributed by atoms with Crippen molar-refractivity contribution in [1.29, 1.82) is 0 Å². The molecule has 1 saturated carbocycles.